The van der Waals surface area contributed by atoms with Gasteiger partial charge >= 0.3 is 5.97 Å². The average Bonchev–Trinajstić information content (AvgIpc) is 3.09. The first kappa shape index (κ1) is 22.5. The average molecular weight is 671 g/mol. The van der Waals surface area contributed by atoms with Gasteiger partial charge in [-0.2, -0.15) is 0 Å². The maximum atomic E-state index is 12.3. The van der Waals surface area contributed by atoms with Crippen LogP contribution in [0.2, 0.25) is 0 Å². The van der Waals surface area contributed by atoms with Crippen molar-refractivity contribution < 1.29 is 14.3 Å². The number of cyclic esters (lactones) is 1. The molecule has 0 bridgehead atoms. The van der Waals surface area contributed by atoms with E-state index in [9.17, 15) is 4.79 Å². The Morgan fingerprint density at radius 2 is 1.52 bits per heavy atom. The van der Waals surface area contributed by atoms with Crippen LogP contribution in [0.25, 0.3) is 6.08 Å². The van der Waals surface area contributed by atoms with Gasteiger partial charge in [-0.05, 0) is 89.8 Å². The van der Waals surface area contributed by atoms with Crippen LogP contribution in [0, 0.1) is 0 Å². The van der Waals surface area contributed by atoms with E-state index < -0.39 is 5.97 Å². The largest absolute Gasteiger partial charge is 0.486 e. The van der Waals surface area contributed by atoms with Gasteiger partial charge in [0.25, 0.3) is 0 Å². The molecule has 8 heteroatoms. The highest BCUT2D eigenvalue weighted by atomic mass is 79.9. The Morgan fingerprint density at radius 1 is 0.871 bits per heavy atom. The molecular formula is C23H13Br4NO3. The lowest BCUT2D eigenvalue weighted by Gasteiger charge is -2.12. The molecule has 0 unspecified atom stereocenters. The van der Waals surface area contributed by atoms with E-state index in [-0.39, 0.29) is 11.6 Å². The number of ether oxygens (including phenoxy) is 2. The van der Waals surface area contributed by atoms with Crippen molar-refractivity contribution >= 4 is 81.7 Å². The van der Waals surface area contributed by atoms with Crippen LogP contribution in [0.5, 0.6) is 5.75 Å². The van der Waals surface area contributed by atoms with Crippen LogP contribution in [0.4, 0.5) is 0 Å². The standard InChI is InChI=1S/C23H13Br4NO3/c24-16-7-3-1-5-14(16)12-30-21-18(26)9-13(10-19(21)27)11-20-23(29)31-22(28-20)15-6-2-4-8-17(15)25/h1-11H,12H2/b20-11-. The molecule has 0 spiro atoms. The maximum absolute atomic E-state index is 12.3. The molecule has 4 nitrogen and oxygen atoms in total. The first-order valence-corrected chi connectivity index (χ1v) is 12.2. The van der Waals surface area contributed by atoms with Crippen LogP contribution < -0.4 is 4.74 Å². The van der Waals surface area contributed by atoms with Gasteiger partial charge in [-0.3, -0.25) is 0 Å². The number of hydrogen-bond acceptors (Lipinski definition) is 4. The van der Waals surface area contributed by atoms with Crippen LogP contribution in [-0.4, -0.2) is 11.9 Å². The summed E-state index contributed by atoms with van der Waals surface area (Å²) >= 11 is 14.1. The third-order valence-electron chi connectivity index (χ3n) is 4.38. The van der Waals surface area contributed by atoms with E-state index in [1.54, 1.807) is 6.08 Å². The zero-order chi connectivity index (χ0) is 22.0. The van der Waals surface area contributed by atoms with Crippen molar-refractivity contribution in [2.24, 2.45) is 4.99 Å². The van der Waals surface area contributed by atoms with Gasteiger partial charge in [0.15, 0.2) is 5.70 Å². The Morgan fingerprint density at radius 3 is 2.19 bits per heavy atom. The van der Waals surface area contributed by atoms with Crippen molar-refractivity contribution in [2.75, 3.05) is 0 Å². The normalized spacial score (nSPS) is 14.5. The molecule has 3 aromatic rings. The molecule has 0 fully saturated rings. The third kappa shape index (κ3) is 5.19. The maximum Gasteiger partial charge on any atom is 0.363 e. The van der Waals surface area contributed by atoms with Crippen molar-refractivity contribution in [1.82, 2.24) is 0 Å². The van der Waals surface area contributed by atoms with Gasteiger partial charge in [0.05, 0.1) is 14.5 Å². The summed E-state index contributed by atoms with van der Waals surface area (Å²) in [7, 11) is 0. The number of carbonyl (C=O) groups excluding carboxylic acids is 1. The molecule has 3 aromatic carbocycles. The minimum atomic E-state index is -0.493. The molecule has 1 aliphatic heterocycles. The fourth-order valence-electron chi connectivity index (χ4n) is 2.88. The lowest BCUT2D eigenvalue weighted by atomic mass is 10.2. The number of aliphatic imine (C=N–C) groups is 1. The monoisotopic (exact) mass is 667 g/mol. The molecule has 0 N–H and O–H groups in total. The van der Waals surface area contributed by atoms with Gasteiger partial charge in [-0.15, -0.1) is 0 Å². The lowest BCUT2D eigenvalue weighted by Crippen LogP contribution is -2.05. The molecule has 0 saturated carbocycles. The molecule has 31 heavy (non-hydrogen) atoms. The molecule has 0 atom stereocenters. The van der Waals surface area contributed by atoms with E-state index in [0.29, 0.717) is 12.4 Å². The molecule has 4 rings (SSSR count). The Balaban J connectivity index is 1.58. The van der Waals surface area contributed by atoms with Gasteiger partial charge < -0.3 is 9.47 Å². The molecule has 1 heterocycles. The summed E-state index contributed by atoms with van der Waals surface area (Å²) in [6.07, 6.45) is 1.68. The second kappa shape index (κ2) is 9.81. The van der Waals surface area contributed by atoms with E-state index in [2.05, 4.69) is 68.7 Å². The van der Waals surface area contributed by atoms with Crippen LogP contribution in [0.1, 0.15) is 16.7 Å². The van der Waals surface area contributed by atoms with Gasteiger partial charge in [-0.1, -0.05) is 46.3 Å². The minimum Gasteiger partial charge on any atom is -0.486 e. The summed E-state index contributed by atoms with van der Waals surface area (Å²) in [5.41, 5.74) is 2.76. The predicted molar refractivity (Wildman–Crippen MR) is 135 cm³/mol. The smallest absolute Gasteiger partial charge is 0.363 e. The van der Waals surface area contributed by atoms with Crippen molar-refractivity contribution in [1.29, 1.82) is 0 Å². The highest BCUT2D eigenvalue weighted by molar-refractivity contribution is 9.11. The number of esters is 1. The van der Waals surface area contributed by atoms with Crippen molar-refractivity contribution in [3.8, 4) is 5.75 Å². The molecule has 0 radical (unpaired) electrons. The highest BCUT2D eigenvalue weighted by Gasteiger charge is 2.25. The van der Waals surface area contributed by atoms with E-state index >= 15 is 0 Å². The number of benzene rings is 3. The summed E-state index contributed by atoms with van der Waals surface area (Å²) in [5, 5.41) is 0. The van der Waals surface area contributed by atoms with Crippen molar-refractivity contribution in [3.05, 3.63) is 101 Å². The van der Waals surface area contributed by atoms with E-state index in [1.165, 1.54) is 0 Å². The van der Waals surface area contributed by atoms with Crippen LogP contribution >= 0.6 is 63.7 Å². The number of halogens is 4. The van der Waals surface area contributed by atoms with Gasteiger partial charge in [-0.25, -0.2) is 9.79 Å². The number of hydrogen-bond donors (Lipinski definition) is 0. The Kier molecular flexibility index (Phi) is 7.11. The zero-order valence-corrected chi connectivity index (χ0v) is 22.1. The molecule has 1 aliphatic rings. The van der Waals surface area contributed by atoms with Crippen molar-refractivity contribution in [3.63, 3.8) is 0 Å². The quantitative estimate of drug-likeness (QED) is 0.207. The van der Waals surface area contributed by atoms with E-state index in [1.807, 2.05) is 60.7 Å². The molecule has 0 amide bonds. The first-order valence-electron chi connectivity index (χ1n) is 9.05. The van der Waals surface area contributed by atoms with Crippen LogP contribution in [0.3, 0.4) is 0 Å². The molecule has 0 aromatic heterocycles. The van der Waals surface area contributed by atoms with Gasteiger partial charge in [0.2, 0.25) is 5.90 Å². The Bertz CT molecular complexity index is 1210. The first-order chi connectivity index (χ1) is 14.9. The lowest BCUT2D eigenvalue weighted by molar-refractivity contribution is -0.129. The molecule has 0 saturated heterocycles. The Hall–Kier alpha value is -1.74. The summed E-state index contributed by atoms with van der Waals surface area (Å²) in [4.78, 5) is 16.7. The van der Waals surface area contributed by atoms with Gasteiger partial charge in [0, 0.05) is 14.5 Å². The third-order valence-corrected chi connectivity index (χ3v) is 7.02. The molecular weight excluding hydrogens is 658 g/mol. The van der Waals surface area contributed by atoms with Crippen LogP contribution in [0.15, 0.2) is 89.2 Å². The molecule has 0 aliphatic carbocycles. The summed E-state index contributed by atoms with van der Waals surface area (Å²) in [6, 6.07) is 19.1. The SMILES string of the molecule is O=C1OC(c2ccccc2Br)=N/C1=C\c1cc(Br)c(OCc2ccccc2Br)c(Br)c1. The zero-order valence-electron chi connectivity index (χ0n) is 15.7. The van der Waals surface area contributed by atoms with Crippen LogP contribution in [-0.2, 0) is 16.1 Å². The predicted octanol–water partition coefficient (Wildman–Crippen LogP) is 7.66. The summed E-state index contributed by atoms with van der Waals surface area (Å²) < 4.78 is 14.7. The van der Waals surface area contributed by atoms with Gasteiger partial charge in [0.1, 0.15) is 12.4 Å². The minimum absolute atomic E-state index is 0.228. The second-order valence-corrected chi connectivity index (χ2v) is 9.93. The Labute approximate surface area is 212 Å². The summed E-state index contributed by atoms with van der Waals surface area (Å²) in [6.45, 7) is 0.408. The fourth-order valence-corrected chi connectivity index (χ4v) is 5.19. The number of carbonyl (C=O) groups is 1. The number of nitrogens with zero attached hydrogens (tertiary/aromatic N) is 1. The van der Waals surface area contributed by atoms with Crippen molar-refractivity contribution in [2.45, 2.75) is 6.61 Å². The van der Waals surface area contributed by atoms with E-state index in [4.69, 9.17) is 9.47 Å². The topological polar surface area (TPSA) is 47.9 Å². The molecule has 156 valence electrons. The fraction of sp³-hybridized carbons (Fsp3) is 0.0435. The highest BCUT2D eigenvalue weighted by Crippen LogP contribution is 2.36. The second-order valence-electron chi connectivity index (χ2n) is 6.51. The van der Waals surface area contributed by atoms with E-state index in [0.717, 1.165) is 34.6 Å². The number of rotatable bonds is 5. The summed E-state index contributed by atoms with van der Waals surface area (Å²) in [5.74, 6) is 0.451.